The maximum atomic E-state index is 11.9. The molecule has 3 nitrogen and oxygen atoms in total. The van der Waals surface area contributed by atoms with Crippen molar-refractivity contribution in [3.63, 3.8) is 0 Å². The van der Waals surface area contributed by atoms with Gasteiger partial charge in [0, 0.05) is 0 Å². The summed E-state index contributed by atoms with van der Waals surface area (Å²) in [6, 6.07) is 7.65. The number of carbonyl (C=O) groups excluding carboxylic acids is 1. The van der Waals surface area contributed by atoms with Crippen molar-refractivity contribution in [2.75, 3.05) is 12.0 Å². The maximum Gasteiger partial charge on any atom is 0.237 e. The molecule has 1 aromatic carbocycles. The van der Waals surface area contributed by atoms with E-state index in [1.165, 1.54) is 5.56 Å². The SMILES string of the molecule is CSCC[C@H](N)C(=O)NC(C)c1ccccc1C. The molecule has 3 N–H and O–H groups in total. The minimum atomic E-state index is -0.413. The molecule has 2 atom stereocenters. The Bertz CT molecular complexity index is 395. The van der Waals surface area contributed by atoms with E-state index in [2.05, 4.69) is 5.32 Å². The number of thioether (sulfide) groups is 1. The number of carbonyl (C=O) groups is 1. The van der Waals surface area contributed by atoms with Gasteiger partial charge in [0.05, 0.1) is 12.1 Å². The van der Waals surface area contributed by atoms with Crippen LogP contribution in [0.15, 0.2) is 24.3 Å². The summed E-state index contributed by atoms with van der Waals surface area (Å²) in [7, 11) is 0. The zero-order valence-corrected chi connectivity index (χ0v) is 12.1. The topological polar surface area (TPSA) is 55.1 Å². The lowest BCUT2D eigenvalue weighted by atomic mass is 10.0. The molecular formula is C14H22N2OS. The molecule has 4 heteroatoms. The summed E-state index contributed by atoms with van der Waals surface area (Å²) in [6.07, 6.45) is 2.73. The quantitative estimate of drug-likeness (QED) is 0.830. The zero-order valence-electron chi connectivity index (χ0n) is 11.3. The van der Waals surface area contributed by atoms with Crippen molar-refractivity contribution in [2.45, 2.75) is 32.4 Å². The summed E-state index contributed by atoms with van der Waals surface area (Å²) >= 11 is 1.71. The van der Waals surface area contributed by atoms with Gasteiger partial charge in [0.1, 0.15) is 0 Å². The highest BCUT2D eigenvalue weighted by Gasteiger charge is 2.16. The fraction of sp³-hybridized carbons (Fsp3) is 0.500. The van der Waals surface area contributed by atoms with E-state index in [0.29, 0.717) is 6.42 Å². The van der Waals surface area contributed by atoms with Gasteiger partial charge in [-0.05, 0) is 43.4 Å². The second-order valence-corrected chi connectivity index (χ2v) is 5.46. The van der Waals surface area contributed by atoms with Crippen molar-refractivity contribution >= 4 is 17.7 Å². The molecular weight excluding hydrogens is 244 g/mol. The van der Waals surface area contributed by atoms with E-state index in [1.54, 1.807) is 11.8 Å². The van der Waals surface area contributed by atoms with E-state index < -0.39 is 6.04 Å². The summed E-state index contributed by atoms with van der Waals surface area (Å²) < 4.78 is 0. The van der Waals surface area contributed by atoms with E-state index in [9.17, 15) is 4.79 Å². The minimum Gasteiger partial charge on any atom is -0.348 e. The van der Waals surface area contributed by atoms with Crippen LogP contribution in [0.1, 0.15) is 30.5 Å². The van der Waals surface area contributed by atoms with Gasteiger partial charge in [-0.1, -0.05) is 24.3 Å². The molecule has 0 saturated heterocycles. The lowest BCUT2D eigenvalue weighted by molar-refractivity contribution is -0.123. The molecule has 100 valence electrons. The number of nitrogens with two attached hydrogens (primary N) is 1. The molecule has 0 heterocycles. The van der Waals surface area contributed by atoms with Crippen molar-refractivity contribution in [3.8, 4) is 0 Å². The summed E-state index contributed by atoms with van der Waals surface area (Å²) in [5, 5.41) is 2.97. The monoisotopic (exact) mass is 266 g/mol. The van der Waals surface area contributed by atoms with E-state index in [1.807, 2.05) is 44.4 Å². The predicted molar refractivity (Wildman–Crippen MR) is 78.7 cm³/mol. The smallest absolute Gasteiger partial charge is 0.237 e. The number of amides is 1. The van der Waals surface area contributed by atoms with Crippen LogP contribution in [-0.2, 0) is 4.79 Å². The number of rotatable bonds is 6. The van der Waals surface area contributed by atoms with Crippen molar-refractivity contribution in [2.24, 2.45) is 5.73 Å². The molecule has 1 unspecified atom stereocenters. The first-order chi connectivity index (χ1) is 8.56. The van der Waals surface area contributed by atoms with Gasteiger partial charge in [0.2, 0.25) is 5.91 Å². The molecule has 0 aromatic heterocycles. The molecule has 0 spiro atoms. The summed E-state index contributed by atoms with van der Waals surface area (Å²) in [4.78, 5) is 11.9. The number of hydrogen-bond donors (Lipinski definition) is 2. The third kappa shape index (κ3) is 4.35. The van der Waals surface area contributed by atoms with E-state index >= 15 is 0 Å². The number of hydrogen-bond acceptors (Lipinski definition) is 3. The van der Waals surface area contributed by atoms with Gasteiger partial charge in [-0.15, -0.1) is 0 Å². The summed E-state index contributed by atoms with van der Waals surface area (Å²) in [5.41, 5.74) is 8.17. The number of aryl methyl sites for hydroxylation is 1. The molecule has 0 radical (unpaired) electrons. The summed E-state index contributed by atoms with van der Waals surface area (Å²) in [6.45, 7) is 4.03. The Hall–Kier alpha value is -1.00. The second kappa shape index (κ2) is 7.44. The summed E-state index contributed by atoms with van der Waals surface area (Å²) in [5.74, 6) is 0.840. The zero-order chi connectivity index (χ0) is 13.5. The van der Waals surface area contributed by atoms with Crippen LogP contribution in [0.2, 0.25) is 0 Å². The Balaban J connectivity index is 2.57. The molecule has 0 aliphatic carbocycles. The van der Waals surface area contributed by atoms with Gasteiger partial charge in [-0.3, -0.25) is 4.79 Å². The van der Waals surface area contributed by atoms with Crippen LogP contribution >= 0.6 is 11.8 Å². The van der Waals surface area contributed by atoms with Crippen molar-refractivity contribution in [1.29, 1.82) is 0 Å². The highest BCUT2D eigenvalue weighted by molar-refractivity contribution is 7.98. The first-order valence-electron chi connectivity index (χ1n) is 6.16. The third-order valence-corrected chi connectivity index (χ3v) is 3.63. The van der Waals surface area contributed by atoms with Crippen molar-refractivity contribution in [1.82, 2.24) is 5.32 Å². The van der Waals surface area contributed by atoms with Gasteiger partial charge in [0.25, 0.3) is 0 Å². The first kappa shape index (κ1) is 15.1. The number of benzene rings is 1. The standard InChI is InChI=1S/C14H22N2OS/c1-10-6-4-5-7-12(10)11(2)16-14(17)13(15)8-9-18-3/h4-7,11,13H,8-9,15H2,1-3H3,(H,16,17)/t11?,13-/m0/s1. The van der Waals surface area contributed by atoms with E-state index in [4.69, 9.17) is 5.73 Å². The molecule has 0 fully saturated rings. The lowest BCUT2D eigenvalue weighted by Gasteiger charge is -2.19. The molecule has 1 rings (SSSR count). The van der Waals surface area contributed by atoms with Crippen LogP contribution in [0.25, 0.3) is 0 Å². The molecule has 0 aliphatic rings. The molecule has 0 bridgehead atoms. The van der Waals surface area contributed by atoms with E-state index in [0.717, 1.165) is 11.3 Å². The average Bonchev–Trinajstić information content (AvgIpc) is 2.36. The van der Waals surface area contributed by atoms with E-state index in [-0.39, 0.29) is 11.9 Å². The van der Waals surface area contributed by atoms with Gasteiger partial charge in [-0.25, -0.2) is 0 Å². The minimum absolute atomic E-state index is 0.000899. The van der Waals surface area contributed by atoms with Crippen LogP contribution in [0.5, 0.6) is 0 Å². The Morgan fingerprint density at radius 2 is 2.11 bits per heavy atom. The highest BCUT2D eigenvalue weighted by atomic mass is 32.2. The van der Waals surface area contributed by atoms with Crippen molar-refractivity contribution in [3.05, 3.63) is 35.4 Å². The van der Waals surface area contributed by atoms with Gasteiger partial charge in [-0.2, -0.15) is 11.8 Å². The van der Waals surface area contributed by atoms with Gasteiger partial charge >= 0.3 is 0 Å². The van der Waals surface area contributed by atoms with Crippen LogP contribution in [0.4, 0.5) is 0 Å². The van der Waals surface area contributed by atoms with Crippen LogP contribution in [0, 0.1) is 6.92 Å². The first-order valence-corrected chi connectivity index (χ1v) is 7.56. The van der Waals surface area contributed by atoms with Crippen molar-refractivity contribution < 1.29 is 4.79 Å². The predicted octanol–water partition coefficient (Wildman–Crippen LogP) is 2.25. The van der Waals surface area contributed by atoms with Crippen LogP contribution in [0.3, 0.4) is 0 Å². The molecule has 0 aliphatic heterocycles. The Morgan fingerprint density at radius 1 is 1.44 bits per heavy atom. The van der Waals surface area contributed by atoms with Gasteiger partial charge < -0.3 is 11.1 Å². The number of nitrogens with one attached hydrogen (secondary N) is 1. The fourth-order valence-corrected chi connectivity index (χ4v) is 2.34. The van der Waals surface area contributed by atoms with Crippen LogP contribution < -0.4 is 11.1 Å². The highest BCUT2D eigenvalue weighted by Crippen LogP contribution is 2.16. The molecule has 1 amide bonds. The Kier molecular flexibility index (Phi) is 6.22. The molecule has 1 aromatic rings. The molecule has 18 heavy (non-hydrogen) atoms. The van der Waals surface area contributed by atoms with Gasteiger partial charge in [0.15, 0.2) is 0 Å². The Morgan fingerprint density at radius 3 is 2.72 bits per heavy atom. The largest absolute Gasteiger partial charge is 0.348 e. The average molecular weight is 266 g/mol. The maximum absolute atomic E-state index is 11.9. The molecule has 0 saturated carbocycles. The third-order valence-electron chi connectivity index (χ3n) is 2.98. The Labute approximate surface area is 114 Å². The second-order valence-electron chi connectivity index (χ2n) is 4.47. The normalized spacial score (nSPS) is 14.0. The van der Waals surface area contributed by atoms with Crippen LogP contribution in [-0.4, -0.2) is 24.0 Å². The fourth-order valence-electron chi connectivity index (χ4n) is 1.85. The lowest BCUT2D eigenvalue weighted by Crippen LogP contribution is -2.42.